The number of piperidine rings is 1. The Morgan fingerprint density at radius 2 is 1.85 bits per heavy atom. The fourth-order valence-electron chi connectivity index (χ4n) is 3.53. The van der Waals surface area contributed by atoms with Crippen LogP contribution in [0.1, 0.15) is 44.9 Å². The number of ether oxygens (including phenoxy) is 1. The Balaban J connectivity index is 0.000000270. The Bertz CT molecular complexity index is 932. The average Bonchev–Trinajstić information content (AvgIpc) is 3.25. The molecule has 1 aliphatic rings. The molecule has 0 bridgehead atoms. The number of benzene rings is 1. The topological polar surface area (TPSA) is 136 Å². The van der Waals surface area contributed by atoms with E-state index in [1.807, 2.05) is 36.6 Å². The number of carbonyl (C=O) groups is 2. The summed E-state index contributed by atoms with van der Waals surface area (Å²) in [4.78, 5) is 33.0. The molecular weight excluding hydrogens is 452 g/mol. The first kappa shape index (κ1) is 27.3. The van der Waals surface area contributed by atoms with Crippen LogP contribution in [0.25, 0.3) is 0 Å². The smallest absolute Gasteiger partial charge is 0.309 e. The van der Waals surface area contributed by atoms with E-state index >= 15 is 0 Å². The number of aromatic nitrogens is 1. The van der Waals surface area contributed by atoms with E-state index in [2.05, 4.69) is 27.1 Å². The van der Waals surface area contributed by atoms with Crippen molar-refractivity contribution < 1.29 is 14.3 Å². The minimum Gasteiger partial charge on any atom is -0.466 e. The number of guanidine groups is 1. The van der Waals surface area contributed by atoms with Crippen LogP contribution in [0.5, 0.6) is 0 Å². The molecule has 1 aromatic carbocycles. The summed E-state index contributed by atoms with van der Waals surface area (Å²) in [6, 6.07) is 7.73. The number of thiazole rings is 1. The van der Waals surface area contributed by atoms with Gasteiger partial charge in [0.25, 0.3) is 0 Å². The van der Waals surface area contributed by atoms with E-state index < -0.39 is 0 Å². The van der Waals surface area contributed by atoms with Crippen molar-refractivity contribution in [2.75, 3.05) is 31.6 Å². The molecule has 1 aliphatic heterocycles. The van der Waals surface area contributed by atoms with Crippen LogP contribution < -0.4 is 16.8 Å². The van der Waals surface area contributed by atoms with Gasteiger partial charge in [-0.25, -0.2) is 9.98 Å². The van der Waals surface area contributed by atoms with Crippen molar-refractivity contribution in [1.82, 2.24) is 9.88 Å². The highest BCUT2D eigenvalue weighted by Crippen LogP contribution is 2.19. The lowest BCUT2D eigenvalue weighted by Crippen LogP contribution is -2.36. The zero-order valence-electron chi connectivity index (χ0n) is 20.3. The zero-order valence-corrected chi connectivity index (χ0v) is 21.1. The van der Waals surface area contributed by atoms with E-state index in [1.54, 1.807) is 0 Å². The Kier molecular flexibility index (Phi) is 11.5. The van der Waals surface area contributed by atoms with Crippen molar-refractivity contribution in [1.29, 1.82) is 0 Å². The van der Waals surface area contributed by atoms with E-state index in [1.165, 1.54) is 23.8 Å². The monoisotopic (exact) mass is 488 g/mol. The lowest BCUT2D eigenvalue weighted by molar-refractivity contribution is -0.149. The number of aryl methyl sites for hydroxylation is 2. The summed E-state index contributed by atoms with van der Waals surface area (Å²) in [5, 5.41) is 5.28. The van der Waals surface area contributed by atoms with Crippen LogP contribution in [0.4, 0.5) is 10.8 Å². The summed E-state index contributed by atoms with van der Waals surface area (Å²) < 4.78 is 4.99. The highest BCUT2D eigenvalue weighted by atomic mass is 32.1. The first-order valence-corrected chi connectivity index (χ1v) is 12.5. The number of rotatable bonds is 8. The minimum atomic E-state index is -0.105. The second kappa shape index (κ2) is 14.3. The lowest BCUT2D eigenvalue weighted by Gasteiger charge is -2.29. The van der Waals surface area contributed by atoms with Gasteiger partial charge in [0, 0.05) is 12.3 Å². The van der Waals surface area contributed by atoms with E-state index in [0.717, 1.165) is 56.7 Å². The maximum absolute atomic E-state index is 11.4. The number of nitrogens with two attached hydrogens (primary N) is 2. The number of aliphatic imine (C=N–C) groups is 1. The zero-order chi connectivity index (χ0) is 24.9. The molecule has 0 radical (unpaired) electrons. The molecule has 186 valence electrons. The van der Waals surface area contributed by atoms with Crippen molar-refractivity contribution >= 4 is 40.0 Å². The molecule has 10 heteroatoms. The molecule has 2 aromatic rings. The van der Waals surface area contributed by atoms with Crippen LogP contribution in [0.2, 0.25) is 0 Å². The summed E-state index contributed by atoms with van der Waals surface area (Å²) in [5.74, 6) is 0.1000. The Hall–Kier alpha value is -2.98. The van der Waals surface area contributed by atoms with Crippen molar-refractivity contribution in [3.63, 3.8) is 0 Å². The van der Waals surface area contributed by atoms with E-state index in [9.17, 15) is 9.59 Å². The first-order chi connectivity index (χ1) is 16.3. The van der Waals surface area contributed by atoms with Gasteiger partial charge in [-0.1, -0.05) is 19.1 Å². The maximum atomic E-state index is 11.4. The van der Waals surface area contributed by atoms with Crippen LogP contribution in [0.15, 0.2) is 34.6 Å². The summed E-state index contributed by atoms with van der Waals surface area (Å²) in [7, 11) is 0. The van der Waals surface area contributed by atoms with Crippen molar-refractivity contribution in [3.8, 4) is 0 Å². The highest BCUT2D eigenvalue weighted by Gasteiger charge is 2.24. The van der Waals surface area contributed by atoms with Crippen molar-refractivity contribution in [2.45, 2.75) is 46.5 Å². The average molecular weight is 489 g/mol. The molecule has 3 rings (SSSR count). The number of esters is 1. The van der Waals surface area contributed by atoms with Gasteiger partial charge in [-0.3, -0.25) is 9.59 Å². The number of hydrogen-bond donors (Lipinski definition) is 3. The minimum absolute atomic E-state index is 0.00162. The third-order valence-corrected chi connectivity index (χ3v) is 6.16. The number of hydrogen-bond acceptors (Lipinski definition) is 7. The molecule has 1 fully saturated rings. The molecule has 0 unspecified atom stereocenters. The number of amides is 1. The van der Waals surface area contributed by atoms with Crippen LogP contribution in [0, 0.1) is 5.92 Å². The van der Waals surface area contributed by atoms with Crippen LogP contribution in [0.3, 0.4) is 0 Å². The molecule has 0 aliphatic carbocycles. The normalized spacial score (nSPS) is 14.0. The summed E-state index contributed by atoms with van der Waals surface area (Å²) >= 11 is 1.43. The predicted molar refractivity (Wildman–Crippen MR) is 137 cm³/mol. The first-order valence-electron chi connectivity index (χ1n) is 11.6. The van der Waals surface area contributed by atoms with Gasteiger partial charge in [-0.05, 0) is 69.9 Å². The van der Waals surface area contributed by atoms with Crippen LogP contribution in [-0.2, 0) is 27.2 Å². The number of likely N-dealkylation sites (tertiary alicyclic amines) is 1. The summed E-state index contributed by atoms with van der Waals surface area (Å²) in [6.45, 7) is 9.17. The van der Waals surface area contributed by atoms with Crippen molar-refractivity contribution in [2.24, 2.45) is 22.4 Å². The van der Waals surface area contributed by atoms with Gasteiger partial charge in [-0.15, -0.1) is 11.3 Å². The SMILES string of the molecule is CC(=O)Nc1nc(CCc2ccc(N=C(N)N)cc2)cs1.CCOC(=O)C1CCN(CC)CC1. The van der Waals surface area contributed by atoms with Crippen molar-refractivity contribution in [3.05, 3.63) is 40.9 Å². The van der Waals surface area contributed by atoms with Gasteiger partial charge in [-0.2, -0.15) is 0 Å². The van der Waals surface area contributed by atoms with Gasteiger partial charge in [0.1, 0.15) is 0 Å². The third-order valence-electron chi connectivity index (χ3n) is 5.35. The maximum Gasteiger partial charge on any atom is 0.309 e. The molecule has 1 aromatic heterocycles. The standard InChI is InChI=1S/C14H17N5OS.C10H19NO2/c1-9(20)17-14-19-12(8-21-14)7-4-10-2-5-11(6-3-10)18-13(15)16;1-3-11-7-5-9(6-8-11)10(12)13-4-2/h2-3,5-6,8H,4,7H2,1H3,(H4,15,16,18)(H,17,19,20);9H,3-8H2,1-2H3. The third kappa shape index (κ3) is 9.88. The molecule has 0 atom stereocenters. The van der Waals surface area contributed by atoms with E-state index in [4.69, 9.17) is 16.2 Å². The molecule has 0 spiro atoms. The Morgan fingerprint density at radius 1 is 1.18 bits per heavy atom. The predicted octanol–water partition coefficient (Wildman–Crippen LogP) is 3.07. The summed E-state index contributed by atoms with van der Waals surface area (Å²) in [5.41, 5.74) is 13.5. The quantitative estimate of drug-likeness (QED) is 0.295. The van der Waals surface area contributed by atoms with Gasteiger partial charge >= 0.3 is 5.97 Å². The van der Waals surface area contributed by atoms with Gasteiger partial charge in [0.15, 0.2) is 11.1 Å². The molecule has 0 saturated carbocycles. The number of nitrogens with zero attached hydrogens (tertiary/aromatic N) is 3. The fraction of sp³-hybridized carbons (Fsp3) is 0.500. The van der Waals surface area contributed by atoms with E-state index in [0.29, 0.717) is 11.7 Å². The molecule has 9 nitrogen and oxygen atoms in total. The largest absolute Gasteiger partial charge is 0.466 e. The Labute approximate surface area is 205 Å². The van der Waals surface area contributed by atoms with Gasteiger partial charge in [0.05, 0.1) is 23.9 Å². The molecule has 1 saturated heterocycles. The molecule has 2 heterocycles. The number of carbonyl (C=O) groups excluding carboxylic acids is 2. The second-order valence-electron chi connectivity index (χ2n) is 7.99. The fourth-order valence-corrected chi connectivity index (χ4v) is 4.32. The molecule has 34 heavy (non-hydrogen) atoms. The highest BCUT2D eigenvalue weighted by molar-refractivity contribution is 7.13. The number of anilines is 1. The van der Waals surface area contributed by atoms with Gasteiger partial charge in [0.2, 0.25) is 5.91 Å². The Morgan fingerprint density at radius 3 is 2.41 bits per heavy atom. The van der Waals surface area contributed by atoms with Crippen LogP contribution >= 0.6 is 11.3 Å². The molecular formula is C24H36N6O3S. The van der Waals surface area contributed by atoms with Crippen LogP contribution in [-0.4, -0.2) is 54.0 Å². The molecule has 1 amide bonds. The van der Waals surface area contributed by atoms with Gasteiger partial charge < -0.3 is 26.4 Å². The molecule has 5 N–H and O–H groups in total. The number of nitrogens with one attached hydrogen (secondary N) is 1. The second-order valence-corrected chi connectivity index (χ2v) is 8.85. The summed E-state index contributed by atoms with van der Waals surface area (Å²) in [6.07, 6.45) is 3.61. The van der Waals surface area contributed by atoms with E-state index in [-0.39, 0.29) is 23.8 Å². The lowest BCUT2D eigenvalue weighted by atomic mass is 9.97.